The van der Waals surface area contributed by atoms with Gasteiger partial charge in [-0.2, -0.15) is 0 Å². The third kappa shape index (κ3) is 7.25. The normalized spacial score (nSPS) is 18.6. The molecule has 1 unspecified atom stereocenters. The van der Waals surface area contributed by atoms with E-state index >= 15 is 0 Å². The number of rotatable bonds is 4. The van der Waals surface area contributed by atoms with Crippen molar-refractivity contribution in [3.8, 4) is 0 Å². The first-order valence-electron chi connectivity index (χ1n) is 8.17. The molecule has 0 aromatic rings. The predicted octanol–water partition coefficient (Wildman–Crippen LogP) is 2.91. The minimum Gasteiger partial charge on any atom is -0.460 e. The number of ether oxygens (including phenoxy) is 2. The van der Waals surface area contributed by atoms with E-state index in [1.807, 2.05) is 41.5 Å². The van der Waals surface area contributed by atoms with E-state index in [9.17, 15) is 9.59 Å². The molecule has 1 atom stereocenters. The standard InChI is InChI=1S/C17H31NO4/c1-16(2,3)21-14(19)12-13(15(20)22-17(4,5)6)18-10-8-7-9-11-18/h13H,7-12H2,1-6H3. The molecule has 0 aliphatic carbocycles. The van der Waals surface area contributed by atoms with Crippen LogP contribution in [-0.2, 0) is 19.1 Å². The minimum atomic E-state index is -0.556. The first kappa shape index (κ1) is 18.9. The molecule has 0 bridgehead atoms. The molecule has 0 aromatic carbocycles. The van der Waals surface area contributed by atoms with E-state index < -0.39 is 17.2 Å². The van der Waals surface area contributed by atoms with Gasteiger partial charge in [0.1, 0.15) is 17.2 Å². The Morgan fingerprint density at radius 3 is 1.86 bits per heavy atom. The quantitative estimate of drug-likeness (QED) is 0.747. The van der Waals surface area contributed by atoms with Crippen molar-refractivity contribution in [3.05, 3.63) is 0 Å². The summed E-state index contributed by atoms with van der Waals surface area (Å²) >= 11 is 0. The van der Waals surface area contributed by atoms with Gasteiger partial charge >= 0.3 is 11.9 Å². The van der Waals surface area contributed by atoms with Crippen molar-refractivity contribution in [2.75, 3.05) is 13.1 Å². The van der Waals surface area contributed by atoms with Gasteiger partial charge in [-0.3, -0.25) is 14.5 Å². The Morgan fingerprint density at radius 2 is 1.41 bits per heavy atom. The van der Waals surface area contributed by atoms with Crippen LogP contribution >= 0.6 is 0 Å². The first-order chi connectivity index (χ1) is 9.98. The van der Waals surface area contributed by atoms with Crippen molar-refractivity contribution in [2.45, 2.75) is 84.5 Å². The molecule has 1 fully saturated rings. The smallest absolute Gasteiger partial charge is 0.324 e. The summed E-state index contributed by atoms with van der Waals surface area (Å²) in [5.41, 5.74) is -1.10. The van der Waals surface area contributed by atoms with Gasteiger partial charge in [0.25, 0.3) is 0 Å². The Hall–Kier alpha value is -1.10. The number of likely N-dealkylation sites (tertiary alicyclic amines) is 1. The molecule has 0 N–H and O–H groups in total. The number of piperidine rings is 1. The van der Waals surface area contributed by atoms with Crippen LogP contribution < -0.4 is 0 Å². The van der Waals surface area contributed by atoms with Crippen LogP contribution in [0, 0.1) is 0 Å². The van der Waals surface area contributed by atoms with Crippen LogP contribution in [0.25, 0.3) is 0 Å². The molecular formula is C17H31NO4. The van der Waals surface area contributed by atoms with Crippen LogP contribution in [0.2, 0.25) is 0 Å². The van der Waals surface area contributed by atoms with Gasteiger partial charge in [-0.25, -0.2) is 0 Å². The largest absolute Gasteiger partial charge is 0.460 e. The summed E-state index contributed by atoms with van der Waals surface area (Å²) in [5.74, 6) is -0.686. The molecule has 1 heterocycles. The molecule has 5 heteroatoms. The van der Waals surface area contributed by atoms with E-state index in [1.54, 1.807) is 0 Å². The van der Waals surface area contributed by atoms with Gasteiger partial charge in [0.05, 0.1) is 6.42 Å². The third-order valence-corrected chi connectivity index (χ3v) is 3.29. The molecule has 1 aliphatic heterocycles. The highest BCUT2D eigenvalue weighted by Gasteiger charge is 2.34. The lowest BCUT2D eigenvalue weighted by atomic mass is 10.1. The topological polar surface area (TPSA) is 55.8 Å². The third-order valence-electron chi connectivity index (χ3n) is 3.29. The Morgan fingerprint density at radius 1 is 0.909 bits per heavy atom. The second-order valence-electron chi connectivity index (χ2n) is 7.94. The van der Waals surface area contributed by atoms with E-state index in [2.05, 4.69) is 4.90 Å². The Bertz CT molecular complexity index is 386. The summed E-state index contributed by atoms with van der Waals surface area (Å²) < 4.78 is 10.9. The van der Waals surface area contributed by atoms with Gasteiger partial charge in [-0.15, -0.1) is 0 Å². The van der Waals surface area contributed by atoms with E-state index in [1.165, 1.54) is 6.42 Å². The van der Waals surface area contributed by atoms with Crippen molar-refractivity contribution in [2.24, 2.45) is 0 Å². The summed E-state index contributed by atoms with van der Waals surface area (Å²) in [6.07, 6.45) is 3.32. The summed E-state index contributed by atoms with van der Waals surface area (Å²) in [7, 11) is 0. The lowest BCUT2D eigenvalue weighted by Crippen LogP contribution is -2.48. The van der Waals surface area contributed by atoms with Crippen LogP contribution in [0.1, 0.15) is 67.2 Å². The van der Waals surface area contributed by atoms with E-state index in [4.69, 9.17) is 9.47 Å². The summed E-state index contributed by atoms with van der Waals surface area (Å²) in [5, 5.41) is 0. The molecule has 1 saturated heterocycles. The predicted molar refractivity (Wildman–Crippen MR) is 85.5 cm³/mol. The maximum atomic E-state index is 12.5. The monoisotopic (exact) mass is 313 g/mol. The van der Waals surface area contributed by atoms with Crippen LogP contribution in [0.4, 0.5) is 0 Å². The Kier molecular flexibility index (Phi) is 6.41. The van der Waals surface area contributed by atoms with Crippen molar-refractivity contribution < 1.29 is 19.1 Å². The van der Waals surface area contributed by atoms with E-state index in [0.717, 1.165) is 25.9 Å². The number of carbonyl (C=O) groups is 2. The van der Waals surface area contributed by atoms with Gasteiger partial charge in [0.15, 0.2) is 0 Å². The number of esters is 2. The van der Waals surface area contributed by atoms with Crippen molar-refractivity contribution in [3.63, 3.8) is 0 Å². The second-order valence-corrected chi connectivity index (χ2v) is 7.94. The van der Waals surface area contributed by atoms with Gasteiger partial charge in [0, 0.05) is 0 Å². The fraction of sp³-hybridized carbons (Fsp3) is 0.882. The van der Waals surface area contributed by atoms with Gasteiger partial charge in [0.2, 0.25) is 0 Å². The zero-order valence-corrected chi connectivity index (χ0v) is 14.9. The molecule has 0 spiro atoms. The fourth-order valence-corrected chi connectivity index (χ4v) is 2.50. The zero-order valence-electron chi connectivity index (χ0n) is 14.9. The highest BCUT2D eigenvalue weighted by molar-refractivity contribution is 5.83. The highest BCUT2D eigenvalue weighted by Crippen LogP contribution is 2.20. The molecule has 0 amide bonds. The molecule has 0 radical (unpaired) electrons. The number of carbonyl (C=O) groups excluding carboxylic acids is 2. The average molecular weight is 313 g/mol. The molecule has 22 heavy (non-hydrogen) atoms. The lowest BCUT2D eigenvalue weighted by Gasteiger charge is -2.34. The first-order valence-corrected chi connectivity index (χ1v) is 8.17. The molecule has 5 nitrogen and oxygen atoms in total. The van der Waals surface area contributed by atoms with Crippen LogP contribution in [0.15, 0.2) is 0 Å². The number of nitrogens with zero attached hydrogens (tertiary/aromatic N) is 1. The Balaban J connectivity index is 2.77. The van der Waals surface area contributed by atoms with Crippen molar-refractivity contribution in [1.82, 2.24) is 4.90 Å². The van der Waals surface area contributed by atoms with Gasteiger partial charge in [-0.05, 0) is 67.5 Å². The second kappa shape index (κ2) is 7.44. The number of hydrogen-bond acceptors (Lipinski definition) is 5. The average Bonchev–Trinajstić information content (AvgIpc) is 2.32. The summed E-state index contributed by atoms with van der Waals surface area (Å²) in [6.45, 7) is 12.7. The van der Waals surface area contributed by atoms with Crippen LogP contribution in [0.5, 0.6) is 0 Å². The van der Waals surface area contributed by atoms with Crippen molar-refractivity contribution >= 4 is 11.9 Å². The zero-order chi connectivity index (χ0) is 17.0. The molecule has 0 saturated carbocycles. The Labute approximate surface area is 134 Å². The van der Waals surface area contributed by atoms with Gasteiger partial charge < -0.3 is 9.47 Å². The summed E-state index contributed by atoms with van der Waals surface area (Å²) in [4.78, 5) is 26.7. The summed E-state index contributed by atoms with van der Waals surface area (Å²) in [6, 6.07) is -0.547. The maximum Gasteiger partial charge on any atom is 0.324 e. The van der Waals surface area contributed by atoms with Crippen molar-refractivity contribution in [1.29, 1.82) is 0 Å². The van der Waals surface area contributed by atoms with Gasteiger partial charge in [-0.1, -0.05) is 6.42 Å². The SMILES string of the molecule is CC(C)(C)OC(=O)CC(C(=O)OC(C)(C)C)N1CCCCC1. The highest BCUT2D eigenvalue weighted by atomic mass is 16.6. The fourth-order valence-electron chi connectivity index (χ4n) is 2.50. The molecule has 1 rings (SSSR count). The minimum absolute atomic E-state index is 0.0478. The molecule has 0 aromatic heterocycles. The van der Waals surface area contributed by atoms with Crippen LogP contribution in [0.3, 0.4) is 0 Å². The van der Waals surface area contributed by atoms with E-state index in [-0.39, 0.29) is 18.4 Å². The lowest BCUT2D eigenvalue weighted by molar-refractivity contribution is -0.169. The van der Waals surface area contributed by atoms with E-state index in [0.29, 0.717) is 0 Å². The molecule has 128 valence electrons. The molecular weight excluding hydrogens is 282 g/mol. The van der Waals surface area contributed by atoms with Crippen LogP contribution in [-0.4, -0.2) is 47.2 Å². The maximum absolute atomic E-state index is 12.5. The number of hydrogen-bond donors (Lipinski definition) is 0. The molecule has 1 aliphatic rings.